The quantitative estimate of drug-likeness (QED) is 0.620. The molecular weight excluding hydrogens is 276 g/mol. The standard InChI is InChI=1S/C14H28N2O5/c1-6-11(12(18)19)15-7-8-16(9-10(2)17)13(20)21-14(3,4)5/h10-11,15,17H,6-9H2,1-5H3,(H,18,19). The van der Waals surface area contributed by atoms with Gasteiger partial charge in [-0.2, -0.15) is 0 Å². The van der Waals surface area contributed by atoms with Crippen molar-refractivity contribution < 1.29 is 24.5 Å². The fourth-order valence-corrected chi connectivity index (χ4v) is 1.68. The van der Waals surface area contributed by atoms with E-state index in [1.807, 2.05) is 0 Å². The zero-order valence-corrected chi connectivity index (χ0v) is 13.5. The Morgan fingerprint density at radius 3 is 2.29 bits per heavy atom. The predicted molar refractivity (Wildman–Crippen MR) is 79.2 cm³/mol. The maximum Gasteiger partial charge on any atom is 0.410 e. The molecule has 0 aromatic carbocycles. The number of nitrogens with one attached hydrogen (secondary N) is 1. The summed E-state index contributed by atoms with van der Waals surface area (Å²) in [7, 11) is 0. The van der Waals surface area contributed by atoms with Crippen molar-refractivity contribution in [1.29, 1.82) is 0 Å². The summed E-state index contributed by atoms with van der Waals surface area (Å²) in [4.78, 5) is 24.3. The van der Waals surface area contributed by atoms with Gasteiger partial charge in [0.1, 0.15) is 11.6 Å². The Morgan fingerprint density at radius 1 is 1.33 bits per heavy atom. The second-order valence-electron chi connectivity index (χ2n) is 6.03. The van der Waals surface area contributed by atoms with Crippen molar-refractivity contribution in [3.63, 3.8) is 0 Å². The monoisotopic (exact) mass is 304 g/mol. The van der Waals surface area contributed by atoms with Gasteiger partial charge in [0.15, 0.2) is 0 Å². The molecule has 0 aliphatic rings. The van der Waals surface area contributed by atoms with Crippen LogP contribution in [0.25, 0.3) is 0 Å². The molecule has 7 nitrogen and oxygen atoms in total. The lowest BCUT2D eigenvalue weighted by Crippen LogP contribution is -2.46. The van der Waals surface area contributed by atoms with Crippen molar-refractivity contribution in [3.8, 4) is 0 Å². The maximum atomic E-state index is 12.0. The number of hydrogen-bond donors (Lipinski definition) is 3. The fourth-order valence-electron chi connectivity index (χ4n) is 1.68. The van der Waals surface area contributed by atoms with E-state index in [1.165, 1.54) is 4.90 Å². The molecule has 0 spiro atoms. The number of aliphatic hydroxyl groups excluding tert-OH is 1. The topological polar surface area (TPSA) is 99.1 Å². The highest BCUT2D eigenvalue weighted by molar-refractivity contribution is 5.73. The number of carbonyl (C=O) groups excluding carboxylic acids is 1. The van der Waals surface area contributed by atoms with Crippen LogP contribution in [0.3, 0.4) is 0 Å². The number of aliphatic carboxylic acids is 1. The molecule has 0 saturated carbocycles. The van der Waals surface area contributed by atoms with Gasteiger partial charge in [-0.3, -0.25) is 4.79 Å². The molecule has 0 aliphatic carbocycles. The van der Waals surface area contributed by atoms with E-state index in [0.29, 0.717) is 13.0 Å². The number of ether oxygens (including phenoxy) is 1. The molecule has 2 unspecified atom stereocenters. The van der Waals surface area contributed by atoms with Crippen molar-refractivity contribution in [1.82, 2.24) is 10.2 Å². The predicted octanol–water partition coefficient (Wildman–Crippen LogP) is 1.06. The van der Waals surface area contributed by atoms with E-state index in [2.05, 4.69) is 5.32 Å². The van der Waals surface area contributed by atoms with Crippen LogP contribution < -0.4 is 5.32 Å². The molecule has 0 radical (unpaired) electrons. The summed E-state index contributed by atoms with van der Waals surface area (Å²) in [5, 5.41) is 21.2. The number of carboxylic acid groups (broad SMARTS) is 1. The van der Waals surface area contributed by atoms with Gasteiger partial charge >= 0.3 is 12.1 Å². The minimum atomic E-state index is -0.920. The number of carbonyl (C=O) groups is 2. The molecule has 2 atom stereocenters. The second-order valence-corrected chi connectivity index (χ2v) is 6.03. The zero-order valence-electron chi connectivity index (χ0n) is 13.5. The molecule has 0 fully saturated rings. The average molecular weight is 304 g/mol. The number of aliphatic hydroxyl groups is 1. The van der Waals surface area contributed by atoms with Crippen LogP contribution in [0.15, 0.2) is 0 Å². The highest BCUT2D eigenvalue weighted by Crippen LogP contribution is 2.10. The Hall–Kier alpha value is -1.34. The van der Waals surface area contributed by atoms with Crippen LogP contribution in [0, 0.1) is 0 Å². The molecule has 0 aliphatic heterocycles. The van der Waals surface area contributed by atoms with Gasteiger partial charge in [0.05, 0.1) is 6.10 Å². The normalized spacial score (nSPS) is 14.4. The summed E-state index contributed by atoms with van der Waals surface area (Å²) < 4.78 is 5.26. The highest BCUT2D eigenvalue weighted by Gasteiger charge is 2.23. The molecule has 0 aromatic heterocycles. The summed E-state index contributed by atoms with van der Waals surface area (Å²) >= 11 is 0. The SMILES string of the molecule is CCC(NCCN(CC(C)O)C(=O)OC(C)(C)C)C(=O)O. The van der Waals surface area contributed by atoms with Crippen LogP contribution in [0.4, 0.5) is 4.79 Å². The van der Waals surface area contributed by atoms with E-state index < -0.39 is 29.8 Å². The van der Waals surface area contributed by atoms with Gasteiger partial charge in [0, 0.05) is 19.6 Å². The van der Waals surface area contributed by atoms with E-state index in [9.17, 15) is 14.7 Å². The first kappa shape index (κ1) is 19.7. The molecule has 0 bridgehead atoms. The van der Waals surface area contributed by atoms with E-state index in [4.69, 9.17) is 9.84 Å². The van der Waals surface area contributed by atoms with Crippen molar-refractivity contribution in [3.05, 3.63) is 0 Å². The van der Waals surface area contributed by atoms with Gasteiger partial charge in [-0.05, 0) is 34.1 Å². The van der Waals surface area contributed by atoms with Crippen LogP contribution in [0.5, 0.6) is 0 Å². The lowest BCUT2D eigenvalue weighted by molar-refractivity contribution is -0.139. The molecule has 0 rings (SSSR count). The molecular formula is C14H28N2O5. The van der Waals surface area contributed by atoms with Gasteiger partial charge < -0.3 is 25.2 Å². The van der Waals surface area contributed by atoms with E-state index in [1.54, 1.807) is 34.6 Å². The Bertz CT molecular complexity index is 339. The zero-order chi connectivity index (χ0) is 16.6. The van der Waals surface area contributed by atoms with Crippen LogP contribution in [-0.4, -0.2) is 64.6 Å². The third-order valence-corrected chi connectivity index (χ3v) is 2.62. The van der Waals surface area contributed by atoms with Crippen LogP contribution in [0.2, 0.25) is 0 Å². The number of nitrogens with zero attached hydrogens (tertiary/aromatic N) is 1. The van der Waals surface area contributed by atoms with Crippen LogP contribution >= 0.6 is 0 Å². The Morgan fingerprint density at radius 2 is 1.90 bits per heavy atom. The first-order valence-corrected chi connectivity index (χ1v) is 7.19. The summed E-state index contributed by atoms with van der Waals surface area (Å²) in [5.74, 6) is -0.920. The number of rotatable bonds is 8. The first-order valence-electron chi connectivity index (χ1n) is 7.19. The average Bonchev–Trinajstić information content (AvgIpc) is 2.29. The van der Waals surface area contributed by atoms with Crippen LogP contribution in [0.1, 0.15) is 41.0 Å². The minimum absolute atomic E-state index is 0.139. The summed E-state index contributed by atoms with van der Waals surface area (Å²) in [6.45, 7) is 9.37. The molecule has 124 valence electrons. The summed E-state index contributed by atoms with van der Waals surface area (Å²) in [6.07, 6.45) is -0.745. The molecule has 0 saturated heterocycles. The number of amides is 1. The van der Waals surface area contributed by atoms with Gasteiger partial charge in [0.2, 0.25) is 0 Å². The van der Waals surface area contributed by atoms with E-state index >= 15 is 0 Å². The van der Waals surface area contributed by atoms with Crippen molar-refractivity contribution in [2.24, 2.45) is 0 Å². The first-order chi connectivity index (χ1) is 9.56. The van der Waals surface area contributed by atoms with Crippen molar-refractivity contribution in [2.45, 2.75) is 58.8 Å². The lowest BCUT2D eigenvalue weighted by atomic mass is 10.2. The van der Waals surface area contributed by atoms with Gasteiger partial charge in [-0.15, -0.1) is 0 Å². The molecule has 3 N–H and O–H groups in total. The molecule has 1 amide bonds. The Balaban J connectivity index is 4.49. The summed E-state index contributed by atoms with van der Waals surface area (Å²) in [6, 6.07) is -0.642. The van der Waals surface area contributed by atoms with Gasteiger partial charge in [0.25, 0.3) is 0 Å². The van der Waals surface area contributed by atoms with Gasteiger partial charge in [-0.25, -0.2) is 4.79 Å². The second kappa shape index (κ2) is 8.84. The third kappa shape index (κ3) is 9.25. The molecule has 7 heteroatoms. The molecule has 21 heavy (non-hydrogen) atoms. The smallest absolute Gasteiger partial charge is 0.410 e. The fraction of sp³-hybridized carbons (Fsp3) is 0.857. The van der Waals surface area contributed by atoms with Gasteiger partial charge in [-0.1, -0.05) is 6.92 Å². The largest absolute Gasteiger partial charge is 0.480 e. The lowest BCUT2D eigenvalue weighted by Gasteiger charge is -2.28. The van der Waals surface area contributed by atoms with E-state index in [-0.39, 0.29) is 13.1 Å². The Kier molecular flexibility index (Phi) is 8.27. The third-order valence-electron chi connectivity index (χ3n) is 2.62. The highest BCUT2D eigenvalue weighted by atomic mass is 16.6. The van der Waals surface area contributed by atoms with Crippen molar-refractivity contribution in [2.75, 3.05) is 19.6 Å². The number of carboxylic acids is 1. The van der Waals surface area contributed by atoms with Crippen LogP contribution in [-0.2, 0) is 9.53 Å². The number of hydrogen-bond acceptors (Lipinski definition) is 5. The maximum absolute atomic E-state index is 12.0. The summed E-state index contributed by atoms with van der Waals surface area (Å²) in [5.41, 5.74) is -0.617. The van der Waals surface area contributed by atoms with E-state index in [0.717, 1.165) is 0 Å². The van der Waals surface area contributed by atoms with Crippen molar-refractivity contribution >= 4 is 12.1 Å². The molecule has 0 aromatic rings. The molecule has 0 heterocycles. The minimum Gasteiger partial charge on any atom is -0.480 e. The Labute approximate surface area is 126 Å².